The molecular formula is C23H19N3O4S. The largest absolute Gasteiger partial charge is 0.494 e. The number of aryl methyl sites for hydroxylation is 1. The molecular weight excluding hydrogens is 414 g/mol. The summed E-state index contributed by atoms with van der Waals surface area (Å²) < 4.78 is 11.7. The number of carbonyl (C=O) groups excluding carboxylic acids is 1. The third kappa shape index (κ3) is 3.19. The number of nitrogens with zero attached hydrogens (tertiary/aromatic N) is 3. The highest BCUT2D eigenvalue weighted by Crippen LogP contribution is 2.42. The van der Waals surface area contributed by atoms with E-state index in [2.05, 4.69) is 10.2 Å². The quantitative estimate of drug-likeness (QED) is 0.461. The van der Waals surface area contributed by atoms with Crippen LogP contribution in [0.25, 0.3) is 11.0 Å². The smallest absolute Gasteiger partial charge is 0.297 e. The number of para-hydroxylation sites is 1. The molecule has 1 unspecified atom stereocenters. The van der Waals surface area contributed by atoms with E-state index < -0.39 is 11.9 Å². The minimum absolute atomic E-state index is 0.0430. The van der Waals surface area contributed by atoms with Crippen molar-refractivity contribution in [2.45, 2.75) is 26.3 Å². The molecule has 0 aliphatic carbocycles. The molecule has 1 aliphatic heterocycles. The Morgan fingerprint density at radius 3 is 2.74 bits per heavy atom. The molecule has 0 N–H and O–H groups in total. The molecule has 0 saturated carbocycles. The van der Waals surface area contributed by atoms with Gasteiger partial charge >= 0.3 is 0 Å². The number of hydrogen-bond acceptors (Lipinski definition) is 7. The fourth-order valence-electron chi connectivity index (χ4n) is 3.81. The highest BCUT2D eigenvalue weighted by molar-refractivity contribution is 7.15. The summed E-state index contributed by atoms with van der Waals surface area (Å²) in [4.78, 5) is 28.4. The molecule has 0 bridgehead atoms. The van der Waals surface area contributed by atoms with Crippen LogP contribution in [-0.4, -0.2) is 22.7 Å². The predicted octanol–water partition coefficient (Wildman–Crippen LogP) is 4.49. The Bertz CT molecular complexity index is 1360. The van der Waals surface area contributed by atoms with Gasteiger partial charge in [-0.2, -0.15) is 0 Å². The van der Waals surface area contributed by atoms with Gasteiger partial charge in [0.25, 0.3) is 5.91 Å². The molecule has 4 aromatic rings. The average Bonchev–Trinajstić information content (AvgIpc) is 3.33. The van der Waals surface area contributed by atoms with Crippen LogP contribution in [0.15, 0.2) is 57.7 Å². The van der Waals surface area contributed by atoms with Crippen molar-refractivity contribution in [3.05, 3.63) is 80.6 Å². The van der Waals surface area contributed by atoms with E-state index in [1.54, 1.807) is 24.3 Å². The van der Waals surface area contributed by atoms with Crippen molar-refractivity contribution < 1.29 is 13.9 Å². The lowest BCUT2D eigenvalue weighted by atomic mass is 9.98. The van der Waals surface area contributed by atoms with Crippen LogP contribution in [0.4, 0.5) is 5.13 Å². The monoisotopic (exact) mass is 433 g/mol. The first kappa shape index (κ1) is 19.4. The lowest BCUT2D eigenvalue weighted by Crippen LogP contribution is -2.29. The van der Waals surface area contributed by atoms with E-state index in [9.17, 15) is 9.59 Å². The van der Waals surface area contributed by atoms with Crippen molar-refractivity contribution in [1.82, 2.24) is 10.2 Å². The van der Waals surface area contributed by atoms with E-state index in [1.807, 2.05) is 38.1 Å². The maximum atomic E-state index is 13.5. The minimum Gasteiger partial charge on any atom is -0.494 e. The van der Waals surface area contributed by atoms with Gasteiger partial charge in [-0.05, 0) is 43.2 Å². The number of ether oxygens (including phenoxy) is 1. The summed E-state index contributed by atoms with van der Waals surface area (Å²) in [6.45, 7) is 4.43. The lowest BCUT2D eigenvalue weighted by Gasteiger charge is -2.22. The minimum atomic E-state index is -0.680. The van der Waals surface area contributed by atoms with Gasteiger partial charge in [-0.3, -0.25) is 14.5 Å². The van der Waals surface area contributed by atoms with Crippen LogP contribution < -0.4 is 15.1 Å². The van der Waals surface area contributed by atoms with Crippen LogP contribution in [0.1, 0.15) is 46.1 Å². The number of fused-ring (bicyclic) bond motifs is 2. The number of anilines is 1. The Labute approximate surface area is 181 Å². The van der Waals surface area contributed by atoms with Crippen molar-refractivity contribution in [2.24, 2.45) is 0 Å². The maximum absolute atomic E-state index is 13.5. The molecule has 7 nitrogen and oxygen atoms in total. The third-order valence-electron chi connectivity index (χ3n) is 5.15. The number of aromatic nitrogens is 2. The summed E-state index contributed by atoms with van der Waals surface area (Å²) in [6, 6.07) is 13.7. The van der Waals surface area contributed by atoms with Crippen LogP contribution >= 0.6 is 11.3 Å². The Kier molecular flexibility index (Phi) is 4.78. The van der Waals surface area contributed by atoms with Crippen LogP contribution in [0.3, 0.4) is 0 Å². The van der Waals surface area contributed by atoms with Gasteiger partial charge in [-0.15, -0.1) is 10.2 Å². The fourth-order valence-corrected chi connectivity index (χ4v) is 4.52. The lowest BCUT2D eigenvalue weighted by molar-refractivity contribution is 0.0970. The zero-order chi connectivity index (χ0) is 21.5. The molecule has 0 fully saturated rings. The Hall–Kier alpha value is -3.52. The number of benzene rings is 2. The molecule has 156 valence electrons. The van der Waals surface area contributed by atoms with E-state index >= 15 is 0 Å². The Morgan fingerprint density at radius 1 is 1.13 bits per heavy atom. The summed E-state index contributed by atoms with van der Waals surface area (Å²) in [5, 5.41) is 9.82. The van der Waals surface area contributed by atoms with Gasteiger partial charge < -0.3 is 9.15 Å². The molecule has 1 amide bonds. The number of hydrogen-bond donors (Lipinski definition) is 0. The van der Waals surface area contributed by atoms with Crippen LogP contribution in [0, 0.1) is 6.92 Å². The van der Waals surface area contributed by atoms with Crippen molar-refractivity contribution in [3.8, 4) is 5.75 Å². The van der Waals surface area contributed by atoms with Crippen LogP contribution in [0.2, 0.25) is 0 Å². The SMILES string of the molecule is CCCOc1cccc(C2c3c(oc4ccccc4c3=O)C(=O)N2c2nnc(C)s2)c1. The van der Waals surface area contributed by atoms with Crippen LogP contribution in [-0.2, 0) is 0 Å². The molecule has 0 saturated heterocycles. The zero-order valence-corrected chi connectivity index (χ0v) is 17.8. The Balaban J connectivity index is 1.75. The molecule has 5 rings (SSSR count). The standard InChI is InChI=1S/C23H19N3O4S/c1-3-11-29-15-8-6-7-14(12-15)19-18-20(27)16-9-4-5-10-17(16)30-21(18)22(28)26(19)23-25-24-13(2)31-23/h4-10,12,19H,3,11H2,1-2H3. The number of rotatable bonds is 5. The Morgan fingerprint density at radius 2 is 1.97 bits per heavy atom. The maximum Gasteiger partial charge on any atom is 0.297 e. The van der Waals surface area contributed by atoms with E-state index in [4.69, 9.17) is 9.15 Å². The molecule has 0 radical (unpaired) electrons. The second-order valence-corrected chi connectivity index (χ2v) is 8.43. The summed E-state index contributed by atoms with van der Waals surface area (Å²) in [5.74, 6) is 0.319. The van der Waals surface area contributed by atoms with Crippen molar-refractivity contribution >= 4 is 33.3 Å². The van der Waals surface area contributed by atoms with Gasteiger partial charge in [-0.1, -0.05) is 42.5 Å². The summed E-state index contributed by atoms with van der Waals surface area (Å²) in [5.41, 5.74) is 1.22. The normalized spacial score (nSPS) is 15.5. The summed E-state index contributed by atoms with van der Waals surface area (Å²) in [6.07, 6.45) is 0.876. The first-order valence-corrected chi connectivity index (χ1v) is 10.8. The molecule has 2 aromatic heterocycles. The van der Waals surface area contributed by atoms with Gasteiger partial charge in [0.1, 0.15) is 16.3 Å². The molecule has 1 atom stereocenters. The van der Waals surface area contributed by atoms with Crippen molar-refractivity contribution in [3.63, 3.8) is 0 Å². The second kappa shape index (κ2) is 7.63. The van der Waals surface area contributed by atoms with Gasteiger partial charge in [0, 0.05) is 0 Å². The summed E-state index contributed by atoms with van der Waals surface area (Å²) >= 11 is 1.29. The van der Waals surface area contributed by atoms with E-state index in [0.717, 1.165) is 17.0 Å². The van der Waals surface area contributed by atoms with Gasteiger partial charge in [-0.25, -0.2) is 0 Å². The first-order chi connectivity index (χ1) is 15.1. The van der Waals surface area contributed by atoms with E-state index in [-0.39, 0.29) is 11.2 Å². The van der Waals surface area contributed by atoms with Gasteiger partial charge in [0.15, 0.2) is 5.43 Å². The topological polar surface area (TPSA) is 85.5 Å². The van der Waals surface area contributed by atoms with Gasteiger partial charge in [0.05, 0.1) is 23.6 Å². The average molecular weight is 433 g/mol. The van der Waals surface area contributed by atoms with Gasteiger partial charge in [0.2, 0.25) is 10.9 Å². The molecule has 3 heterocycles. The van der Waals surface area contributed by atoms with E-state index in [1.165, 1.54) is 16.2 Å². The van der Waals surface area contributed by atoms with Crippen molar-refractivity contribution in [2.75, 3.05) is 11.5 Å². The predicted molar refractivity (Wildman–Crippen MR) is 118 cm³/mol. The molecule has 8 heteroatoms. The number of carbonyl (C=O) groups is 1. The molecule has 2 aromatic carbocycles. The second-order valence-electron chi connectivity index (χ2n) is 7.27. The zero-order valence-electron chi connectivity index (χ0n) is 17.0. The van der Waals surface area contributed by atoms with Crippen molar-refractivity contribution in [1.29, 1.82) is 0 Å². The van der Waals surface area contributed by atoms with E-state index in [0.29, 0.717) is 34.0 Å². The molecule has 31 heavy (non-hydrogen) atoms. The highest BCUT2D eigenvalue weighted by Gasteiger charge is 2.45. The molecule has 0 spiro atoms. The molecule has 1 aliphatic rings. The third-order valence-corrected chi connectivity index (χ3v) is 5.98. The van der Waals surface area contributed by atoms with Crippen LogP contribution in [0.5, 0.6) is 5.75 Å². The fraction of sp³-hybridized carbons (Fsp3) is 0.217. The summed E-state index contributed by atoms with van der Waals surface area (Å²) in [7, 11) is 0. The highest BCUT2D eigenvalue weighted by atomic mass is 32.1. The number of amides is 1. The first-order valence-electron chi connectivity index (χ1n) is 10.0.